The average molecular weight is 721 g/mol. The Bertz CT molecular complexity index is 2350. The molecule has 4 aromatic carbocycles. The summed E-state index contributed by atoms with van der Waals surface area (Å²) in [6.45, 7) is 0. The second-order valence-corrected chi connectivity index (χ2v) is 15.2. The lowest BCUT2D eigenvalue weighted by molar-refractivity contribution is -0.113. The van der Waals surface area contributed by atoms with E-state index >= 15 is 0 Å². The Morgan fingerprint density at radius 2 is 1.65 bits per heavy atom. The van der Waals surface area contributed by atoms with Gasteiger partial charge in [0.1, 0.15) is 0 Å². The third-order valence-corrected chi connectivity index (χ3v) is 11.9. The first-order valence-electron chi connectivity index (χ1n) is 15.9. The van der Waals surface area contributed by atoms with E-state index in [0.29, 0.717) is 27.4 Å². The third-order valence-electron chi connectivity index (χ3n) is 8.49. The summed E-state index contributed by atoms with van der Waals surface area (Å²) in [7, 11) is 0. The van der Waals surface area contributed by atoms with Crippen LogP contribution in [0.1, 0.15) is 28.9 Å². The number of carbonyl (C=O) groups excluding carboxylic acids is 2. The molecule has 12 heteroatoms. The van der Waals surface area contributed by atoms with Crippen LogP contribution in [-0.4, -0.2) is 47.6 Å². The number of hydrogen-bond donors (Lipinski definition) is 1. The van der Waals surface area contributed by atoms with Crippen molar-refractivity contribution < 1.29 is 9.59 Å². The molecular formula is C37H29ClN6O2S3. The lowest BCUT2D eigenvalue weighted by Crippen LogP contribution is -2.18. The number of benzene rings is 4. The number of fused-ring (bicyclic) bond motifs is 4. The van der Waals surface area contributed by atoms with Gasteiger partial charge >= 0.3 is 0 Å². The van der Waals surface area contributed by atoms with Gasteiger partial charge in [-0.2, -0.15) is 0 Å². The summed E-state index contributed by atoms with van der Waals surface area (Å²) in [4.78, 5) is 31.4. The van der Waals surface area contributed by atoms with E-state index in [-0.39, 0.29) is 17.6 Å². The van der Waals surface area contributed by atoms with Crippen molar-refractivity contribution in [3.63, 3.8) is 0 Å². The fourth-order valence-electron chi connectivity index (χ4n) is 6.33. The standard InChI is InChI=1S/C37H29ClN6O2S3/c38-28-15-7-4-14-27(28)35-41-42-36(43(35)24-10-2-1-3-11-24)47-21-33(45)39-23-18-19-29-32(20-23)49-37(40-29)48-22-34(46)44-30-16-8-5-12-25(30)26-13-6-9-17-31(26)44/h1-5,7-8,10-12,14-16,18-20H,6,9,13,17,21-22H2,(H,39,45). The van der Waals surface area contributed by atoms with Gasteiger partial charge in [-0.3, -0.25) is 18.7 Å². The summed E-state index contributed by atoms with van der Waals surface area (Å²) in [6, 6.07) is 31.2. The van der Waals surface area contributed by atoms with E-state index in [0.717, 1.165) is 50.6 Å². The van der Waals surface area contributed by atoms with Crippen LogP contribution in [0, 0.1) is 0 Å². The Labute approximate surface area is 299 Å². The van der Waals surface area contributed by atoms with Gasteiger partial charge in [0, 0.05) is 28.0 Å². The highest BCUT2D eigenvalue weighted by Gasteiger charge is 2.24. The zero-order valence-corrected chi connectivity index (χ0v) is 29.3. The van der Waals surface area contributed by atoms with Crippen molar-refractivity contribution in [2.75, 3.05) is 16.8 Å². The van der Waals surface area contributed by atoms with Crippen molar-refractivity contribution in [2.45, 2.75) is 35.2 Å². The van der Waals surface area contributed by atoms with Crippen molar-refractivity contribution in [1.82, 2.24) is 24.3 Å². The molecule has 0 saturated carbocycles. The number of anilines is 1. The Kier molecular flexibility index (Phi) is 8.98. The van der Waals surface area contributed by atoms with Gasteiger partial charge in [0.25, 0.3) is 0 Å². The number of halogens is 1. The van der Waals surface area contributed by atoms with Crippen LogP contribution in [0.3, 0.4) is 0 Å². The molecule has 0 fully saturated rings. The number of carbonyl (C=O) groups is 2. The molecule has 0 bridgehead atoms. The summed E-state index contributed by atoms with van der Waals surface area (Å²) in [5.74, 6) is 0.952. The van der Waals surface area contributed by atoms with Crippen molar-refractivity contribution >= 4 is 85.1 Å². The fourth-order valence-corrected chi connectivity index (χ4v) is 9.26. The Balaban J connectivity index is 0.945. The predicted octanol–water partition coefficient (Wildman–Crippen LogP) is 9.19. The maximum absolute atomic E-state index is 13.6. The van der Waals surface area contributed by atoms with Crippen molar-refractivity contribution in [1.29, 1.82) is 0 Å². The van der Waals surface area contributed by atoms with E-state index in [9.17, 15) is 9.59 Å². The molecule has 0 saturated heterocycles. The molecule has 0 radical (unpaired) electrons. The number of amides is 1. The largest absolute Gasteiger partial charge is 0.325 e. The number of thiazole rings is 1. The average Bonchev–Trinajstić information content (AvgIpc) is 3.84. The van der Waals surface area contributed by atoms with E-state index in [1.165, 1.54) is 57.9 Å². The molecule has 0 atom stereocenters. The molecule has 1 aliphatic rings. The van der Waals surface area contributed by atoms with Gasteiger partial charge in [0.15, 0.2) is 15.3 Å². The summed E-state index contributed by atoms with van der Waals surface area (Å²) in [5.41, 5.74) is 6.64. The highest BCUT2D eigenvalue weighted by molar-refractivity contribution is 8.01. The Morgan fingerprint density at radius 1 is 0.857 bits per heavy atom. The summed E-state index contributed by atoms with van der Waals surface area (Å²) < 4.78 is 5.62. The molecule has 7 aromatic rings. The highest BCUT2D eigenvalue weighted by Crippen LogP contribution is 2.35. The number of aromatic nitrogens is 5. The molecule has 49 heavy (non-hydrogen) atoms. The quantitative estimate of drug-likeness (QED) is 0.149. The van der Waals surface area contributed by atoms with E-state index in [4.69, 9.17) is 16.6 Å². The monoisotopic (exact) mass is 720 g/mol. The van der Waals surface area contributed by atoms with Crippen molar-refractivity contribution in [3.8, 4) is 17.1 Å². The minimum atomic E-state index is -0.168. The summed E-state index contributed by atoms with van der Waals surface area (Å²) in [6.07, 6.45) is 4.24. The van der Waals surface area contributed by atoms with Crippen LogP contribution in [-0.2, 0) is 17.6 Å². The number of thioether (sulfide) groups is 2. The first-order chi connectivity index (χ1) is 24.0. The summed E-state index contributed by atoms with van der Waals surface area (Å²) >= 11 is 10.8. The molecule has 244 valence electrons. The van der Waals surface area contributed by atoms with Gasteiger partial charge in [-0.25, -0.2) is 4.98 Å². The number of rotatable bonds is 9. The van der Waals surface area contributed by atoms with E-state index in [1.807, 2.05) is 88.0 Å². The molecule has 0 spiro atoms. The number of nitrogens with zero attached hydrogens (tertiary/aromatic N) is 5. The zero-order chi connectivity index (χ0) is 33.3. The molecule has 0 aliphatic heterocycles. The highest BCUT2D eigenvalue weighted by atomic mass is 35.5. The minimum absolute atomic E-state index is 0.0798. The molecule has 3 aromatic heterocycles. The minimum Gasteiger partial charge on any atom is -0.325 e. The van der Waals surface area contributed by atoms with Gasteiger partial charge < -0.3 is 5.32 Å². The second kappa shape index (κ2) is 13.8. The smallest absolute Gasteiger partial charge is 0.241 e. The molecule has 1 amide bonds. The van der Waals surface area contributed by atoms with Crippen molar-refractivity contribution in [3.05, 3.63) is 113 Å². The van der Waals surface area contributed by atoms with Gasteiger partial charge in [0.05, 0.1) is 32.3 Å². The number of hydrogen-bond acceptors (Lipinski definition) is 8. The first kappa shape index (κ1) is 31.8. The van der Waals surface area contributed by atoms with Crippen molar-refractivity contribution in [2.24, 2.45) is 0 Å². The van der Waals surface area contributed by atoms with Crippen LogP contribution < -0.4 is 5.32 Å². The molecule has 0 unspecified atom stereocenters. The van der Waals surface area contributed by atoms with Gasteiger partial charge in [-0.1, -0.05) is 83.7 Å². The van der Waals surface area contributed by atoms with Gasteiger partial charge in [0.2, 0.25) is 11.8 Å². The first-order valence-corrected chi connectivity index (χ1v) is 19.1. The Hall–Kier alpha value is -4.42. The van der Waals surface area contributed by atoms with E-state index < -0.39 is 0 Å². The van der Waals surface area contributed by atoms with Crippen LogP contribution in [0.15, 0.2) is 107 Å². The van der Waals surface area contributed by atoms with Gasteiger partial charge in [-0.05, 0) is 79.8 Å². The van der Waals surface area contributed by atoms with Crippen LogP contribution >= 0.6 is 46.5 Å². The normalized spacial score (nSPS) is 12.8. The molecule has 1 aliphatic carbocycles. The SMILES string of the molecule is O=C(CSc1nnc(-c2ccccc2Cl)n1-c1ccccc1)Nc1ccc2nc(SCC(=O)n3c4c(c5ccccc53)CCCC4)sc2c1. The molecule has 3 heterocycles. The van der Waals surface area contributed by atoms with Crippen LogP contribution in [0.4, 0.5) is 5.69 Å². The number of aryl methyl sites for hydroxylation is 1. The number of nitrogens with one attached hydrogen (secondary N) is 1. The second-order valence-electron chi connectivity index (χ2n) is 11.6. The summed E-state index contributed by atoms with van der Waals surface area (Å²) in [5, 5.41) is 14.2. The molecule has 8 rings (SSSR count). The predicted molar refractivity (Wildman–Crippen MR) is 201 cm³/mol. The maximum atomic E-state index is 13.6. The molecular weight excluding hydrogens is 692 g/mol. The zero-order valence-electron chi connectivity index (χ0n) is 26.1. The fraction of sp³-hybridized carbons (Fsp3) is 0.162. The third kappa shape index (κ3) is 6.39. The van der Waals surface area contributed by atoms with Crippen LogP contribution in [0.25, 0.3) is 38.2 Å². The van der Waals surface area contributed by atoms with Crippen LogP contribution in [0.5, 0.6) is 0 Å². The maximum Gasteiger partial charge on any atom is 0.241 e. The molecule has 1 N–H and O–H groups in total. The van der Waals surface area contributed by atoms with E-state index in [2.05, 4.69) is 33.7 Å². The lowest BCUT2D eigenvalue weighted by Gasteiger charge is -2.14. The number of para-hydroxylation sites is 2. The lowest BCUT2D eigenvalue weighted by atomic mass is 9.96. The topological polar surface area (TPSA) is 94.7 Å². The molecule has 8 nitrogen and oxygen atoms in total. The Morgan fingerprint density at radius 3 is 2.53 bits per heavy atom. The van der Waals surface area contributed by atoms with Crippen LogP contribution in [0.2, 0.25) is 5.02 Å². The van der Waals surface area contributed by atoms with Gasteiger partial charge in [-0.15, -0.1) is 21.5 Å². The van der Waals surface area contributed by atoms with E-state index in [1.54, 1.807) is 0 Å².